The third-order valence-corrected chi connectivity index (χ3v) is 3.28. The first-order chi connectivity index (χ1) is 8.97. The second kappa shape index (κ2) is 6.70. The van der Waals surface area contributed by atoms with Crippen LogP contribution in [0.3, 0.4) is 0 Å². The number of ether oxygens (including phenoxy) is 1. The molecule has 7 nitrogen and oxygen atoms in total. The minimum atomic E-state index is -0.611. The van der Waals surface area contributed by atoms with E-state index in [-0.39, 0.29) is 28.9 Å². The van der Waals surface area contributed by atoms with Gasteiger partial charge in [0.2, 0.25) is 0 Å². The molecule has 0 bridgehead atoms. The van der Waals surface area contributed by atoms with Crippen LogP contribution >= 0.6 is 11.8 Å². The number of carbonyl (C=O) groups excluding carboxylic acids is 1. The molecule has 19 heavy (non-hydrogen) atoms. The summed E-state index contributed by atoms with van der Waals surface area (Å²) in [5, 5.41) is 19.7. The number of pyridine rings is 1. The van der Waals surface area contributed by atoms with Crippen LogP contribution in [0.25, 0.3) is 0 Å². The molecule has 0 aliphatic heterocycles. The van der Waals surface area contributed by atoms with Crippen molar-refractivity contribution in [1.29, 1.82) is 5.26 Å². The van der Waals surface area contributed by atoms with Gasteiger partial charge in [0.05, 0.1) is 24.0 Å². The standard InChI is InChI=1S/C11H11N3O4S/c1-7(3-10(15)18-2)19-11-8(5-12)4-9(6-13-11)14(16)17/h4,6-7H,3H2,1-2H3. The summed E-state index contributed by atoms with van der Waals surface area (Å²) in [7, 11) is 1.30. The van der Waals surface area contributed by atoms with Gasteiger partial charge in [-0.15, -0.1) is 11.8 Å². The van der Waals surface area contributed by atoms with Crippen molar-refractivity contribution in [2.75, 3.05) is 7.11 Å². The van der Waals surface area contributed by atoms with Gasteiger partial charge in [0.1, 0.15) is 17.3 Å². The van der Waals surface area contributed by atoms with Crippen molar-refractivity contribution in [2.24, 2.45) is 0 Å². The predicted octanol–water partition coefficient (Wildman–Crippen LogP) is 1.91. The molecule has 0 spiro atoms. The number of nitriles is 1. The van der Waals surface area contributed by atoms with Gasteiger partial charge < -0.3 is 4.74 Å². The van der Waals surface area contributed by atoms with E-state index < -0.39 is 4.92 Å². The molecule has 1 heterocycles. The third kappa shape index (κ3) is 4.22. The van der Waals surface area contributed by atoms with Crippen LogP contribution in [-0.4, -0.2) is 28.2 Å². The van der Waals surface area contributed by atoms with Crippen molar-refractivity contribution < 1.29 is 14.5 Å². The Morgan fingerprint density at radius 2 is 2.42 bits per heavy atom. The van der Waals surface area contributed by atoms with Crippen molar-refractivity contribution in [3.05, 3.63) is 27.9 Å². The third-order valence-electron chi connectivity index (χ3n) is 2.16. The molecule has 0 saturated heterocycles. The average molecular weight is 281 g/mol. The normalized spacial score (nSPS) is 11.4. The second-order valence-corrected chi connectivity index (χ2v) is 5.05. The molecular weight excluding hydrogens is 270 g/mol. The Morgan fingerprint density at radius 3 is 2.95 bits per heavy atom. The molecule has 1 aromatic rings. The largest absolute Gasteiger partial charge is 0.469 e. The maximum absolute atomic E-state index is 11.1. The number of methoxy groups -OCH3 is 1. The van der Waals surface area contributed by atoms with Crippen molar-refractivity contribution in [1.82, 2.24) is 4.98 Å². The van der Waals surface area contributed by atoms with Crippen LogP contribution in [0.5, 0.6) is 0 Å². The number of carbonyl (C=O) groups is 1. The molecule has 0 amide bonds. The Morgan fingerprint density at radius 1 is 1.74 bits per heavy atom. The van der Waals surface area contributed by atoms with E-state index in [1.54, 1.807) is 6.92 Å². The number of rotatable bonds is 5. The SMILES string of the molecule is COC(=O)CC(C)Sc1ncc([N+](=O)[O-])cc1C#N. The lowest BCUT2D eigenvalue weighted by Crippen LogP contribution is -2.09. The van der Waals surface area contributed by atoms with E-state index in [2.05, 4.69) is 9.72 Å². The van der Waals surface area contributed by atoms with Gasteiger partial charge in [0, 0.05) is 11.3 Å². The van der Waals surface area contributed by atoms with Crippen LogP contribution < -0.4 is 0 Å². The fraction of sp³-hybridized carbons (Fsp3) is 0.364. The smallest absolute Gasteiger partial charge is 0.306 e. The predicted molar refractivity (Wildman–Crippen MR) is 67.6 cm³/mol. The zero-order chi connectivity index (χ0) is 14.4. The first-order valence-electron chi connectivity index (χ1n) is 5.26. The summed E-state index contributed by atoms with van der Waals surface area (Å²) in [6.07, 6.45) is 1.26. The van der Waals surface area contributed by atoms with E-state index >= 15 is 0 Å². The number of hydrogen-bond donors (Lipinski definition) is 0. The summed E-state index contributed by atoms with van der Waals surface area (Å²) in [6.45, 7) is 1.78. The lowest BCUT2D eigenvalue weighted by molar-refractivity contribution is -0.385. The molecule has 0 fully saturated rings. The second-order valence-electron chi connectivity index (χ2n) is 3.62. The van der Waals surface area contributed by atoms with Gasteiger partial charge in [-0.1, -0.05) is 6.92 Å². The summed E-state index contributed by atoms with van der Waals surface area (Å²) >= 11 is 1.20. The van der Waals surface area contributed by atoms with Gasteiger partial charge in [-0.3, -0.25) is 14.9 Å². The molecule has 1 rings (SSSR count). The zero-order valence-corrected chi connectivity index (χ0v) is 11.1. The van der Waals surface area contributed by atoms with Crippen LogP contribution in [0.2, 0.25) is 0 Å². The number of nitro groups is 1. The molecule has 1 atom stereocenters. The molecule has 100 valence electrons. The molecule has 0 aromatic carbocycles. The van der Waals surface area contributed by atoms with Crippen LogP contribution in [-0.2, 0) is 9.53 Å². The highest BCUT2D eigenvalue weighted by Gasteiger charge is 2.17. The van der Waals surface area contributed by atoms with Crippen LogP contribution in [0.4, 0.5) is 5.69 Å². The molecule has 0 aliphatic carbocycles. The highest BCUT2D eigenvalue weighted by molar-refractivity contribution is 7.99. The summed E-state index contributed by atoms with van der Waals surface area (Å²) in [5.41, 5.74) is -0.113. The van der Waals surface area contributed by atoms with E-state index in [9.17, 15) is 14.9 Å². The highest BCUT2D eigenvalue weighted by atomic mass is 32.2. The number of esters is 1. The van der Waals surface area contributed by atoms with E-state index in [4.69, 9.17) is 5.26 Å². The fourth-order valence-corrected chi connectivity index (χ4v) is 2.21. The molecule has 1 aromatic heterocycles. The van der Waals surface area contributed by atoms with Crippen molar-refractivity contribution in [3.63, 3.8) is 0 Å². The Labute approximate surface area is 113 Å². The van der Waals surface area contributed by atoms with Gasteiger partial charge in [-0.2, -0.15) is 5.26 Å². The summed E-state index contributed by atoms with van der Waals surface area (Å²) in [6, 6.07) is 3.03. The van der Waals surface area contributed by atoms with Gasteiger partial charge >= 0.3 is 5.97 Å². The molecule has 0 radical (unpaired) electrons. The quantitative estimate of drug-likeness (QED) is 0.351. The summed E-state index contributed by atoms with van der Waals surface area (Å²) in [5.74, 6) is -0.361. The number of hydrogen-bond acceptors (Lipinski definition) is 7. The van der Waals surface area contributed by atoms with Crippen molar-refractivity contribution >= 4 is 23.4 Å². The minimum Gasteiger partial charge on any atom is -0.469 e. The molecule has 8 heteroatoms. The molecule has 1 unspecified atom stereocenters. The highest BCUT2D eigenvalue weighted by Crippen LogP contribution is 2.28. The topological polar surface area (TPSA) is 106 Å². The number of aromatic nitrogens is 1. The van der Waals surface area contributed by atoms with Gasteiger partial charge in [-0.25, -0.2) is 4.98 Å². The van der Waals surface area contributed by atoms with E-state index in [0.29, 0.717) is 5.03 Å². The van der Waals surface area contributed by atoms with Crippen LogP contribution in [0.1, 0.15) is 18.9 Å². The van der Waals surface area contributed by atoms with Crippen molar-refractivity contribution in [2.45, 2.75) is 23.6 Å². The molecule has 0 N–H and O–H groups in total. The van der Waals surface area contributed by atoms with E-state index in [1.165, 1.54) is 24.9 Å². The van der Waals surface area contributed by atoms with Gasteiger partial charge in [-0.05, 0) is 0 Å². The summed E-state index contributed by atoms with van der Waals surface area (Å²) < 4.78 is 4.54. The van der Waals surface area contributed by atoms with E-state index in [0.717, 1.165) is 6.20 Å². The Hall–Kier alpha value is -2.14. The van der Waals surface area contributed by atoms with Gasteiger partial charge in [0.25, 0.3) is 5.69 Å². The first-order valence-corrected chi connectivity index (χ1v) is 6.14. The molecule has 0 aliphatic rings. The first kappa shape index (κ1) is 14.9. The number of nitrogens with zero attached hydrogens (tertiary/aromatic N) is 3. The average Bonchev–Trinajstić information content (AvgIpc) is 2.38. The fourth-order valence-electron chi connectivity index (χ4n) is 1.27. The lowest BCUT2D eigenvalue weighted by atomic mass is 10.3. The maximum atomic E-state index is 11.1. The lowest BCUT2D eigenvalue weighted by Gasteiger charge is -2.09. The minimum absolute atomic E-state index is 0.121. The van der Waals surface area contributed by atoms with Crippen LogP contribution in [0.15, 0.2) is 17.3 Å². The van der Waals surface area contributed by atoms with E-state index in [1.807, 2.05) is 6.07 Å². The Bertz CT molecular complexity index is 541. The Kier molecular flexibility index (Phi) is 5.26. The maximum Gasteiger partial charge on any atom is 0.306 e. The monoisotopic (exact) mass is 281 g/mol. The molecule has 0 saturated carbocycles. The van der Waals surface area contributed by atoms with Crippen LogP contribution in [0, 0.1) is 21.4 Å². The van der Waals surface area contributed by atoms with Crippen molar-refractivity contribution in [3.8, 4) is 6.07 Å². The number of thioether (sulfide) groups is 1. The van der Waals surface area contributed by atoms with Gasteiger partial charge in [0.15, 0.2) is 0 Å². The summed E-state index contributed by atoms with van der Waals surface area (Å²) in [4.78, 5) is 25.0. The Balaban J connectivity index is 2.87. The molecular formula is C11H11N3O4S. The zero-order valence-electron chi connectivity index (χ0n) is 10.3.